The summed E-state index contributed by atoms with van der Waals surface area (Å²) in [7, 11) is 1.70. The summed E-state index contributed by atoms with van der Waals surface area (Å²) in [4.78, 5) is 18.8. The first kappa shape index (κ1) is 16.1. The third-order valence-corrected chi connectivity index (χ3v) is 4.42. The molecule has 5 heteroatoms. The van der Waals surface area contributed by atoms with E-state index in [1.165, 1.54) is 11.3 Å². The highest BCUT2D eigenvalue weighted by Crippen LogP contribution is 2.31. The van der Waals surface area contributed by atoms with Gasteiger partial charge in [-0.2, -0.15) is 0 Å². The number of hydrogen-bond donors (Lipinski definition) is 0. The Morgan fingerprint density at radius 3 is 2.58 bits per heavy atom. The van der Waals surface area contributed by atoms with Crippen molar-refractivity contribution in [2.45, 2.75) is 46.1 Å². The van der Waals surface area contributed by atoms with Crippen LogP contribution in [0.4, 0.5) is 5.13 Å². The highest BCUT2D eigenvalue weighted by molar-refractivity contribution is 7.17. The van der Waals surface area contributed by atoms with Crippen LogP contribution in [0.2, 0.25) is 0 Å². The number of aldehydes is 1. The van der Waals surface area contributed by atoms with Crippen molar-refractivity contribution < 1.29 is 9.53 Å². The minimum absolute atomic E-state index is 0.255. The number of anilines is 1. The van der Waals surface area contributed by atoms with Crippen molar-refractivity contribution in [1.82, 2.24) is 4.98 Å². The van der Waals surface area contributed by atoms with Crippen molar-refractivity contribution in [2.75, 3.05) is 25.2 Å². The van der Waals surface area contributed by atoms with Crippen LogP contribution in [0.3, 0.4) is 0 Å². The SMILES string of the molecule is CCC(C)c1nc(N(CC)C(C)COC)sc1C=O. The lowest BCUT2D eigenvalue weighted by Gasteiger charge is -2.26. The molecule has 4 nitrogen and oxygen atoms in total. The number of hydrogen-bond acceptors (Lipinski definition) is 5. The number of rotatable bonds is 8. The van der Waals surface area contributed by atoms with Crippen molar-refractivity contribution in [3.8, 4) is 0 Å². The fraction of sp³-hybridized carbons (Fsp3) is 0.714. The van der Waals surface area contributed by atoms with Gasteiger partial charge >= 0.3 is 0 Å². The Hall–Kier alpha value is -0.940. The van der Waals surface area contributed by atoms with Crippen molar-refractivity contribution in [2.24, 2.45) is 0 Å². The standard InChI is InChI=1S/C14H24N2O2S/c1-6-10(3)13-12(8-17)19-14(15-13)16(7-2)11(4)9-18-5/h8,10-11H,6-7,9H2,1-5H3. The predicted octanol–water partition coefficient (Wildman–Crippen LogP) is 3.33. The van der Waals surface area contributed by atoms with Gasteiger partial charge in [-0.25, -0.2) is 4.98 Å². The van der Waals surface area contributed by atoms with E-state index in [1.807, 2.05) is 0 Å². The van der Waals surface area contributed by atoms with E-state index in [4.69, 9.17) is 4.74 Å². The number of likely N-dealkylation sites (N-methyl/N-ethyl adjacent to an activating group) is 1. The molecular weight excluding hydrogens is 260 g/mol. The second-order valence-electron chi connectivity index (χ2n) is 4.76. The van der Waals surface area contributed by atoms with Gasteiger partial charge in [0.05, 0.1) is 23.2 Å². The van der Waals surface area contributed by atoms with E-state index < -0.39 is 0 Å². The van der Waals surface area contributed by atoms with Crippen LogP contribution in [0.15, 0.2) is 0 Å². The third kappa shape index (κ3) is 3.76. The summed E-state index contributed by atoms with van der Waals surface area (Å²) in [6.07, 6.45) is 1.92. The summed E-state index contributed by atoms with van der Waals surface area (Å²) in [6, 6.07) is 0.255. The first-order valence-corrected chi connectivity index (χ1v) is 7.62. The first-order chi connectivity index (χ1) is 9.08. The van der Waals surface area contributed by atoms with E-state index >= 15 is 0 Å². The largest absolute Gasteiger partial charge is 0.383 e. The van der Waals surface area contributed by atoms with Gasteiger partial charge in [-0.05, 0) is 26.2 Å². The lowest BCUT2D eigenvalue weighted by atomic mass is 10.0. The molecule has 0 saturated carbocycles. The normalized spacial score (nSPS) is 14.2. The lowest BCUT2D eigenvalue weighted by molar-refractivity contribution is 0.112. The summed E-state index contributed by atoms with van der Waals surface area (Å²) in [6.45, 7) is 9.94. The third-order valence-electron chi connectivity index (χ3n) is 3.38. The molecule has 1 aromatic rings. The van der Waals surface area contributed by atoms with Gasteiger partial charge in [-0.1, -0.05) is 25.2 Å². The molecule has 0 aliphatic carbocycles. The summed E-state index contributed by atoms with van der Waals surface area (Å²) < 4.78 is 5.21. The van der Waals surface area contributed by atoms with E-state index in [9.17, 15) is 4.79 Å². The van der Waals surface area contributed by atoms with E-state index in [2.05, 4.69) is 37.6 Å². The van der Waals surface area contributed by atoms with Crippen LogP contribution < -0.4 is 4.90 Å². The van der Waals surface area contributed by atoms with E-state index in [0.717, 1.165) is 35.0 Å². The summed E-state index contributed by atoms with van der Waals surface area (Å²) in [5, 5.41) is 0.921. The molecule has 0 radical (unpaired) electrons. The van der Waals surface area contributed by atoms with Crippen LogP contribution in [-0.2, 0) is 4.74 Å². The molecule has 19 heavy (non-hydrogen) atoms. The summed E-state index contributed by atoms with van der Waals surface area (Å²) >= 11 is 1.48. The first-order valence-electron chi connectivity index (χ1n) is 6.80. The number of aromatic nitrogens is 1. The monoisotopic (exact) mass is 284 g/mol. The Labute approximate surface area is 119 Å². The number of ether oxygens (including phenoxy) is 1. The highest BCUT2D eigenvalue weighted by atomic mass is 32.1. The number of carbonyl (C=O) groups is 1. The van der Waals surface area contributed by atoms with Crippen LogP contribution in [0.1, 0.15) is 55.4 Å². The maximum atomic E-state index is 11.2. The fourth-order valence-electron chi connectivity index (χ4n) is 2.05. The molecule has 0 spiro atoms. The molecule has 2 atom stereocenters. The van der Waals surface area contributed by atoms with Gasteiger partial charge in [-0.15, -0.1) is 0 Å². The zero-order valence-electron chi connectivity index (χ0n) is 12.5. The Kier molecular flexibility index (Phi) is 6.45. The molecule has 0 aromatic carbocycles. The minimum Gasteiger partial charge on any atom is -0.383 e. The van der Waals surface area contributed by atoms with Crippen molar-refractivity contribution in [3.05, 3.63) is 10.6 Å². The average molecular weight is 284 g/mol. The highest BCUT2D eigenvalue weighted by Gasteiger charge is 2.21. The Morgan fingerprint density at radius 1 is 1.42 bits per heavy atom. The number of nitrogens with zero attached hydrogens (tertiary/aromatic N) is 2. The van der Waals surface area contributed by atoms with Gasteiger partial charge in [0.25, 0.3) is 0 Å². The summed E-state index contributed by atoms with van der Waals surface area (Å²) in [5.74, 6) is 0.321. The molecular formula is C14H24N2O2S. The van der Waals surface area contributed by atoms with E-state index in [1.54, 1.807) is 7.11 Å². The van der Waals surface area contributed by atoms with Crippen molar-refractivity contribution in [3.63, 3.8) is 0 Å². The summed E-state index contributed by atoms with van der Waals surface area (Å²) in [5.41, 5.74) is 0.931. The molecule has 0 fully saturated rings. The number of thiazole rings is 1. The van der Waals surface area contributed by atoms with Gasteiger partial charge in [-0.3, -0.25) is 4.79 Å². The van der Waals surface area contributed by atoms with Crippen LogP contribution in [-0.4, -0.2) is 37.6 Å². The Bertz CT molecular complexity index is 406. The second kappa shape index (κ2) is 7.60. The molecule has 1 heterocycles. The Morgan fingerprint density at radius 2 is 2.11 bits per heavy atom. The fourth-order valence-corrected chi connectivity index (χ4v) is 3.22. The quantitative estimate of drug-likeness (QED) is 0.687. The van der Waals surface area contributed by atoms with Crippen LogP contribution in [0.5, 0.6) is 0 Å². The number of carbonyl (C=O) groups excluding carboxylic acids is 1. The van der Waals surface area contributed by atoms with Crippen LogP contribution >= 0.6 is 11.3 Å². The topological polar surface area (TPSA) is 42.4 Å². The predicted molar refractivity (Wildman–Crippen MR) is 80.6 cm³/mol. The lowest BCUT2D eigenvalue weighted by Crippen LogP contribution is -2.36. The maximum absolute atomic E-state index is 11.2. The van der Waals surface area contributed by atoms with Crippen LogP contribution in [0, 0.1) is 0 Å². The molecule has 0 aliphatic rings. The van der Waals surface area contributed by atoms with Gasteiger partial charge < -0.3 is 9.64 Å². The molecule has 0 aliphatic heterocycles. The maximum Gasteiger partial charge on any atom is 0.186 e. The van der Waals surface area contributed by atoms with Crippen molar-refractivity contribution in [1.29, 1.82) is 0 Å². The van der Waals surface area contributed by atoms with Gasteiger partial charge in [0.1, 0.15) is 0 Å². The molecule has 2 unspecified atom stereocenters. The zero-order valence-corrected chi connectivity index (χ0v) is 13.3. The molecule has 0 amide bonds. The van der Waals surface area contributed by atoms with Crippen molar-refractivity contribution >= 4 is 22.8 Å². The van der Waals surface area contributed by atoms with Gasteiger partial charge in [0, 0.05) is 13.7 Å². The molecule has 0 saturated heterocycles. The molecule has 0 bridgehead atoms. The van der Waals surface area contributed by atoms with Gasteiger partial charge in [0.15, 0.2) is 11.4 Å². The van der Waals surface area contributed by atoms with Gasteiger partial charge in [0.2, 0.25) is 0 Å². The van der Waals surface area contributed by atoms with E-state index in [0.29, 0.717) is 12.5 Å². The Balaban J connectivity index is 3.05. The zero-order chi connectivity index (χ0) is 14.4. The number of methoxy groups -OCH3 is 1. The minimum atomic E-state index is 0.255. The molecule has 108 valence electrons. The van der Waals surface area contributed by atoms with Crippen LogP contribution in [0.25, 0.3) is 0 Å². The molecule has 1 rings (SSSR count). The average Bonchev–Trinajstić information content (AvgIpc) is 2.83. The molecule has 0 N–H and O–H groups in total. The molecule has 1 aromatic heterocycles. The smallest absolute Gasteiger partial charge is 0.186 e. The van der Waals surface area contributed by atoms with E-state index in [-0.39, 0.29) is 6.04 Å². The second-order valence-corrected chi connectivity index (χ2v) is 5.77.